The van der Waals surface area contributed by atoms with Gasteiger partial charge in [-0.05, 0) is 40.6 Å². The van der Waals surface area contributed by atoms with Gasteiger partial charge in [-0.25, -0.2) is 0 Å². The Hall–Kier alpha value is -2.49. The average Bonchev–Trinajstić information content (AvgIpc) is 2.39. The van der Waals surface area contributed by atoms with E-state index in [1.165, 1.54) is 0 Å². The van der Waals surface area contributed by atoms with Crippen molar-refractivity contribution < 1.29 is 4.79 Å². The molecule has 0 aliphatic carbocycles. The molecule has 2 N–H and O–H groups in total. The van der Waals surface area contributed by atoms with Crippen molar-refractivity contribution in [3.05, 3.63) is 59.0 Å². The summed E-state index contributed by atoms with van der Waals surface area (Å²) in [6.45, 7) is 0. The van der Waals surface area contributed by atoms with Gasteiger partial charge in [-0.15, -0.1) is 4.91 Å². The largest absolute Gasteiger partial charge is 0.366 e. The molecule has 0 radical (unpaired) electrons. The fourth-order valence-electron chi connectivity index (χ4n) is 1.57. The lowest BCUT2D eigenvalue weighted by Gasteiger charge is -2.02. The van der Waals surface area contributed by atoms with Crippen LogP contribution in [0.4, 0.5) is 5.69 Å². The van der Waals surface area contributed by atoms with Crippen LogP contribution in [0.25, 0.3) is 11.1 Å². The fourth-order valence-corrected chi connectivity index (χ4v) is 1.57. The fraction of sp³-hybridized carbons (Fsp3) is 0. The highest BCUT2D eigenvalue weighted by Gasteiger charge is 2.02. The van der Waals surface area contributed by atoms with E-state index in [0.717, 1.165) is 11.1 Å². The van der Waals surface area contributed by atoms with Crippen LogP contribution in [0.3, 0.4) is 0 Å². The molecule has 2 aromatic rings. The van der Waals surface area contributed by atoms with E-state index in [0.29, 0.717) is 11.3 Å². The first-order valence-electron chi connectivity index (χ1n) is 5.04. The summed E-state index contributed by atoms with van der Waals surface area (Å²) < 4.78 is 0. The first-order chi connectivity index (χ1) is 8.20. The minimum atomic E-state index is -0.458. The van der Waals surface area contributed by atoms with E-state index in [-0.39, 0.29) is 0 Å². The molecule has 4 nitrogen and oxygen atoms in total. The standard InChI is InChI=1S/C13H10N2O2/c14-13(16)10-6-4-9(5-7-10)11-2-1-3-12(8-11)15-17/h1-8H,(H2,14,16). The predicted molar refractivity (Wildman–Crippen MR) is 65.9 cm³/mol. The molecule has 0 saturated carbocycles. The van der Waals surface area contributed by atoms with E-state index >= 15 is 0 Å². The normalized spacial score (nSPS) is 9.88. The molecule has 0 fully saturated rings. The average molecular weight is 226 g/mol. The van der Waals surface area contributed by atoms with Crippen molar-refractivity contribution in [2.24, 2.45) is 10.9 Å². The van der Waals surface area contributed by atoms with Gasteiger partial charge in [-0.1, -0.05) is 24.3 Å². The lowest BCUT2D eigenvalue weighted by Crippen LogP contribution is -2.10. The van der Waals surface area contributed by atoms with Crippen molar-refractivity contribution in [2.45, 2.75) is 0 Å². The zero-order valence-electron chi connectivity index (χ0n) is 8.96. The van der Waals surface area contributed by atoms with Gasteiger partial charge in [0.2, 0.25) is 5.91 Å². The third kappa shape index (κ3) is 2.36. The summed E-state index contributed by atoms with van der Waals surface area (Å²) in [6, 6.07) is 13.8. The Morgan fingerprint density at radius 3 is 2.29 bits per heavy atom. The monoisotopic (exact) mass is 226 g/mol. The quantitative estimate of drug-likeness (QED) is 0.817. The van der Waals surface area contributed by atoms with Crippen LogP contribution in [0.1, 0.15) is 10.4 Å². The molecule has 0 atom stereocenters. The van der Waals surface area contributed by atoms with Crippen molar-refractivity contribution in [1.82, 2.24) is 0 Å². The highest BCUT2D eigenvalue weighted by atomic mass is 16.3. The zero-order valence-corrected chi connectivity index (χ0v) is 8.96. The van der Waals surface area contributed by atoms with Crippen LogP contribution >= 0.6 is 0 Å². The molecule has 17 heavy (non-hydrogen) atoms. The van der Waals surface area contributed by atoms with Gasteiger partial charge in [-0.2, -0.15) is 0 Å². The van der Waals surface area contributed by atoms with Gasteiger partial charge >= 0.3 is 0 Å². The summed E-state index contributed by atoms with van der Waals surface area (Å²) in [7, 11) is 0. The molecular formula is C13H10N2O2. The maximum absolute atomic E-state index is 10.9. The van der Waals surface area contributed by atoms with E-state index in [1.807, 2.05) is 6.07 Å². The molecule has 0 aliphatic heterocycles. The maximum Gasteiger partial charge on any atom is 0.248 e. The molecule has 0 unspecified atom stereocenters. The number of amides is 1. The third-order valence-electron chi connectivity index (χ3n) is 2.45. The summed E-state index contributed by atoms with van der Waals surface area (Å²) in [4.78, 5) is 21.3. The minimum absolute atomic E-state index is 0.376. The number of primary amides is 1. The molecule has 0 spiro atoms. The van der Waals surface area contributed by atoms with Gasteiger partial charge in [0.1, 0.15) is 5.69 Å². The van der Waals surface area contributed by atoms with Crippen LogP contribution in [0.15, 0.2) is 53.7 Å². The molecule has 0 bridgehead atoms. The first kappa shape index (κ1) is 11.0. The predicted octanol–water partition coefficient (Wildman–Crippen LogP) is 2.85. The molecule has 4 heteroatoms. The van der Waals surface area contributed by atoms with Gasteiger partial charge in [0.25, 0.3) is 0 Å². The van der Waals surface area contributed by atoms with E-state index in [4.69, 9.17) is 5.73 Å². The number of nitroso groups, excluding NO2 is 1. The van der Waals surface area contributed by atoms with E-state index in [9.17, 15) is 9.70 Å². The lowest BCUT2D eigenvalue weighted by molar-refractivity contribution is 0.100. The molecule has 1 amide bonds. The molecular weight excluding hydrogens is 216 g/mol. The second-order valence-electron chi connectivity index (χ2n) is 3.58. The van der Waals surface area contributed by atoms with Crippen LogP contribution in [0.2, 0.25) is 0 Å². The van der Waals surface area contributed by atoms with E-state index in [1.54, 1.807) is 42.5 Å². The van der Waals surface area contributed by atoms with Crippen molar-refractivity contribution in [1.29, 1.82) is 0 Å². The number of hydrogen-bond donors (Lipinski definition) is 1. The van der Waals surface area contributed by atoms with Crippen molar-refractivity contribution in [2.75, 3.05) is 0 Å². The van der Waals surface area contributed by atoms with Crippen LogP contribution in [0.5, 0.6) is 0 Å². The maximum atomic E-state index is 10.9. The van der Waals surface area contributed by atoms with Gasteiger partial charge < -0.3 is 5.73 Å². The molecule has 2 rings (SSSR count). The second kappa shape index (κ2) is 4.57. The Morgan fingerprint density at radius 1 is 1.00 bits per heavy atom. The Bertz CT molecular complexity index is 562. The molecule has 0 aromatic heterocycles. The lowest BCUT2D eigenvalue weighted by atomic mass is 10.0. The zero-order chi connectivity index (χ0) is 12.3. The number of carbonyl (C=O) groups excluding carboxylic acids is 1. The number of carbonyl (C=O) groups is 1. The number of hydrogen-bond acceptors (Lipinski definition) is 3. The Kier molecular flexibility index (Phi) is 2.96. The highest BCUT2D eigenvalue weighted by molar-refractivity contribution is 5.93. The summed E-state index contributed by atoms with van der Waals surface area (Å²) in [5.41, 5.74) is 7.76. The van der Waals surface area contributed by atoms with Crippen molar-refractivity contribution >= 4 is 11.6 Å². The van der Waals surface area contributed by atoms with Crippen molar-refractivity contribution in [3.63, 3.8) is 0 Å². The highest BCUT2D eigenvalue weighted by Crippen LogP contribution is 2.24. The minimum Gasteiger partial charge on any atom is -0.366 e. The Morgan fingerprint density at radius 2 is 1.71 bits per heavy atom. The summed E-state index contributed by atoms with van der Waals surface area (Å²) in [5, 5.41) is 2.88. The van der Waals surface area contributed by atoms with Gasteiger partial charge in [-0.3, -0.25) is 4.79 Å². The molecule has 0 saturated heterocycles. The Labute approximate surface area is 98.0 Å². The van der Waals surface area contributed by atoms with Crippen LogP contribution in [-0.4, -0.2) is 5.91 Å². The first-order valence-corrected chi connectivity index (χ1v) is 5.04. The SMILES string of the molecule is NC(=O)c1ccc(-c2cccc(N=O)c2)cc1. The molecule has 0 aliphatic rings. The Balaban J connectivity index is 2.39. The van der Waals surface area contributed by atoms with E-state index in [2.05, 4.69) is 5.18 Å². The van der Waals surface area contributed by atoms with Gasteiger partial charge in [0.15, 0.2) is 0 Å². The van der Waals surface area contributed by atoms with E-state index < -0.39 is 5.91 Å². The molecule has 84 valence electrons. The number of nitrogens with zero attached hydrogens (tertiary/aromatic N) is 1. The van der Waals surface area contributed by atoms with Gasteiger partial charge in [0.05, 0.1) is 0 Å². The summed E-state index contributed by atoms with van der Waals surface area (Å²) in [5.74, 6) is -0.458. The number of rotatable bonds is 3. The number of nitrogens with two attached hydrogens (primary N) is 1. The number of benzene rings is 2. The van der Waals surface area contributed by atoms with Crippen LogP contribution in [-0.2, 0) is 0 Å². The smallest absolute Gasteiger partial charge is 0.248 e. The summed E-state index contributed by atoms with van der Waals surface area (Å²) in [6.07, 6.45) is 0. The molecule has 2 aromatic carbocycles. The second-order valence-corrected chi connectivity index (χ2v) is 3.58. The third-order valence-corrected chi connectivity index (χ3v) is 2.45. The van der Waals surface area contributed by atoms with Gasteiger partial charge in [0, 0.05) is 5.56 Å². The summed E-state index contributed by atoms with van der Waals surface area (Å²) >= 11 is 0. The topological polar surface area (TPSA) is 72.5 Å². The molecule has 0 heterocycles. The van der Waals surface area contributed by atoms with Crippen LogP contribution < -0.4 is 5.73 Å². The van der Waals surface area contributed by atoms with Crippen molar-refractivity contribution in [3.8, 4) is 11.1 Å². The van der Waals surface area contributed by atoms with Crippen LogP contribution in [0, 0.1) is 4.91 Å².